The number of benzene rings is 8. The van der Waals surface area contributed by atoms with Gasteiger partial charge in [-0.3, -0.25) is 0 Å². The number of aliphatic hydroxyl groups is 1. The van der Waals surface area contributed by atoms with E-state index in [0.29, 0.717) is 6.61 Å². The summed E-state index contributed by atoms with van der Waals surface area (Å²) in [6, 6.07) is 56.0. The van der Waals surface area contributed by atoms with E-state index in [0.717, 1.165) is 55.7 Å². The molecule has 0 amide bonds. The smallest absolute Gasteiger partial charge is 0.113 e. The number of ether oxygens (including phenoxy) is 1. The first-order valence-electron chi connectivity index (χ1n) is 16.4. The molecule has 0 fully saturated rings. The van der Waals surface area contributed by atoms with E-state index in [4.69, 9.17) is 4.74 Å². The second-order valence-corrected chi connectivity index (χ2v) is 12.4. The molecule has 8 rings (SSSR count). The maximum atomic E-state index is 9.97. The van der Waals surface area contributed by atoms with Crippen LogP contribution >= 0.6 is 0 Å². The summed E-state index contributed by atoms with van der Waals surface area (Å²) in [5.74, 6) is 0.821. The van der Waals surface area contributed by atoms with Gasteiger partial charge in [-0.2, -0.15) is 0 Å². The zero-order valence-corrected chi connectivity index (χ0v) is 26.8. The number of hydrogen-bond donors (Lipinski definition) is 1. The normalized spacial score (nSPS) is 11.8. The number of anilines is 3. The largest absolute Gasteiger partial charge is 0.494 e. The topological polar surface area (TPSA) is 32.7 Å². The van der Waals surface area contributed by atoms with Gasteiger partial charge in [0.05, 0.1) is 12.4 Å². The van der Waals surface area contributed by atoms with Crippen LogP contribution in [0.15, 0.2) is 163 Å². The van der Waals surface area contributed by atoms with Crippen LogP contribution in [-0.4, -0.2) is 5.11 Å². The molecule has 0 aliphatic heterocycles. The zero-order chi connectivity index (χ0) is 32.5. The van der Waals surface area contributed by atoms with Gasteiger partial charge < -0.3 is 14.7 Å². The molecule has 0 radical (unpaired) electrons. The van der Waals surface area contributed by atoms with Gasteiger partial charge in [0.25, 0.3) is 0 Å². The van der Waals surface area contributed by atoms with Crippen molar-refractivity contribution in [1.29, 1.82) is 0 Å². The van der Waals surface area contributed by atoms with E-state index in [1.807, 2.05) is 25.1 Å². The summed E-state index contributed by atoms with van der Waals surface area (Å²) in [6.45, 7) is 2.37. The van der Waals surface area contributed by atoms with E-state index >= 15 is 0 Å². The van der Waals surface area contributed by atoms with Crippen LogP contribution in [0.4, 0.5) is 17.1 Å². The van der Waals surface area contributed by atoms with Gasteiger partial charge in [0.15, 0.2) is 0 Å². The average Bonchev–Trinajstić information content (AvgIpc) is 3.13. The summed E-state index contributed by atoms with van der Waals surface area (Å²) in [4.78, 5) is 2.34. The van der Waals surface area contributed by atoms with E-state index in [9.17, 15) is 5.11 Å². The average molecular weight is 622 g/mol. The SMILES string of the molecule is CC(=Cc1ccc2cc(N(c3ccc4ccccc4c3)c3ccc4ccccc4c3)ccc2c1)OCc1cc2ccccc2cc1CO. The van der Waals surface area contributed by atoms with Gasteiger partial charge in [0.1, 0.15) is 6.61 Å². The van der Waals surface area contributed by atoms with Gasteiger partial charge in [-0.05, 0) is 127 Å². The Labute approximate surface area is 280 Å². The third-order valence-electron chi connectivity index (χ3n) is 9.15. The number of aliphatic hydroxyl groups excluding tert-OH is 1. The van der Waals surface area contributed by atoms with Crippen LogP contribution in [0.1, 0.15) is 23.6 Å². The highest BCUT2D eigenvalue weighted by Gasteiger charge is 2.15. The fourth-order valence-corrected chi connectivity index (χ4v) is 6.64. The van der Waals surface area contributed by atoms with Crippen molar-refractivity contribution in [1.82, 2.24) is 0 Å². The lowest BCUT2D eigenvalue weighted by Crippen LogP contribution is -2.10. The van der Waals surface area contributed by atoms with Crippen molar-refractivity contribution in [3.63, 3.8) is 0 Å². The van der Waals surface area contributed by atoms with Crippen LogP contribution in [-0.2, 0) is 18.0 Å². The lowest BCUT2D eigenvalue weighted by Gasteiger charge is -2.26. The molecule has 48 heavy (non-hydrogen) atoms. The van der Waals surface area contributed by atoms with E-state index < -0.39 is 0 Å². The quantitative estimate of drug-likeness (QED) is 0.171. The maximum Gasteiger partial charge on any atom is 0.113 e. The van der Waals surface area contributed by atoms with Crippen LogP contribution in [0.5, 0.6) is 0 Å². The Kier molecular flexibility index (Phi) is 7.81. The summed E-state index contributed by atoms with van der Waals surface area (Å²) in [6.07, 6.45) is 2.07. The Bertz CT molecular complexity index is 2400. The third kappa shape index (κ3) is 5.88. The van der Waals surface area contributed by atoms with Gasteiger partial charge in [0, 0.05) is 17.1 Å². The molecule has 0 aliphatic carbocycles. The molecule has 3 heteroatoms. The first-order valence-corrected chi connectivity index (χ1v) is 16.4. The van der Waals surface area contributed by atoms with E-state index in [1.165, 1.54) is 26.9 Å². The monoisotopic (exact) mass is 621 g/mol. The van der Waals surface area contributed by atoms with Gasteiger partial charge in [0.2, 0.25) is 0 Å². The zero-order valence-electron chi connectivity index (χ0n) is 26.8. The van der Waals surface area contributed by atoms with E-state index in [2.05, 4.69) is 151 Å². The van der Waals surface area contributed by atoms with Crippen molar-refractivity contribution in [2.75, 3.05) is 4.90 Å². The van der Waals surface area contributed by atoms with Gasteiger partial charge in [-0.25, -0.2) is 0 Å². The molecule has 0 heterocycles. The molecule has 3 nitrogen and oxygen atoms in total. The number of nitrogens with zero attached hydrogens (tertiary/aromatic N) is 1. The molecule has 1 N–H and O–H groups in total. The highest BCUT2D eigenvalue weighted by molar-refractivity contribution is 5.95. The molecule has 0 atom stereocenters. The highest BCUT2D eigenvalue weighted by atomic mass is 16.5. The number of hydrogen-bond acceptors (Lipinski definition) is 3. The highest BCUT2D eigenvalue weighted by Crippen LogP contribution is 2.39. The van der Waals surface area contributed by atoms with E-state index in [-0.39, 0.29) is 6.61 Å². The minimum atomic E-state index is -0.0158. The minimum absolute atomic E-state index is 0.0158. The first-order chi connectivity index (χ1) is 23.6. The summed E-state index contributed by atoms with van der Waals surface area (Å²) >= 11 is 0. The molecular weight excluding hydrogens is 587 g/mol. The van der Waals surface area contributed by atoms with Crippen molar-refractivity contribution in [2.24, 2.45) is 0 Å². The van der Waals surface area contributed by atoms with Crippen LogP contribution < -0.4 is 4.90 Å². The lowest BCUT2D eigenvalue weighted by molar-refractivity contribution is 0.199. The van der Waals surface area contributed by atoms with E-state index in [1.54, 1.807) is 0 Å². The van der Waals surface area contributed by atoms with Crippen LogP contribution in [0.3, 0.4) is 0 Å². The second kappa shape index (κ2) is 12.7. The molecule has 0 aromatic heterocycles. The molecule has 0 aliphatic rings. The van der Waals surface area contributed by atoms with Gasteiger partial charge >= 0.3 is 0 Å². The fraction of sp³-hybridized carbons (Fsp3) is 0.0667. The molecule has 8 aromatic carbocycles. The van der Waals surface area contributed by atoms with Crippen molar-refractivity contribution >= 4 is 66.2 Å². The van der Waals surface area contributed by atoms with Crippen molar-refractivity contribution < 1.29 is 9.84 Å². The molecule has 0 saturated carbocycles. The maximum absolute atomic E-state index is 9.97. The number of rotatable bonds is 8. The van der Waals surface area contributed by atoms with Crippen LogP contribution in [0.2, 0.25) is 0 Å². The summed E-state index contributed by atoms with van der Waals surface area (Å²) in [5.41, 5.74) is 6.31. The Morgan fingerprint density at radius 3 is 1.46 bits per heavy atom. The molecule has 232 valence electrons. The summed E-state index contributed by atoms with van der Waals surface area (Å²) in [7, 11) is 0. The summed E-state index contributed by atoms with van der Waals surface area (Å²) in [5, 5.41) is 19.4. The van der Waals surface area contributed by atoms with Gasteiger partial charge in [-0.15, -0.1) is 0 Å². The minimum Gasteiger partial charge on any atom is -0.494 e. The molecule has 0 saturated heterocycles. The molecule has 0 bridgehead atoms. The second-order valence-electron chi connectivity index (χ2n) is 12.4. The van der Waals surface area contributed by atoms with Crippen LogP contribution in [0, 0.1) is 0 Å². The Hall–Kier alpha value is -5.90. The van der Waals surface area contributed by atoms with Crippen molar-refractivity contribution in [2.45, 2.75) is 20.1 Å². The Balaban J connectivity index is 1.10. The van der Waals surface area contributed by atoms with Crippen LogP contribution in [0.25, 0.3) is 49.2 Å². The summed E-state index contributed by atoms with van der Waals surface area (Å²) < 4.78 is 6.19. The van der Waals surface area contributed by atoms with Gasteiger partial charge in [-0.1, -0.05) is 103 Å². The Morgan fingerprint density at radius 1 is 0.500 bits per heavy atom. The Morgan fingerprint density at radius 2 is 0.917 bits per heavy atom. The fourth-order valence-electron chi connectivity index (χ4n) is 6.64. The lowest BCUT2D eigenvalue weighted by atomic mass is 10.0. The molecule has 0 unspecified atom stereocenters. The predicted octanol–water partition coefficient (Wildman–Crippen LogP) is 11.8. The predicted molar refractivity (Wildman–Crippen MR) is 202 cm³/mol. The standard InChI is InChI=1S/C45H35NO2/c1-31(48-30-42-25-36-11-7-6-10-35(36)24-41(42)29-47)22-32-14-15-40-28-45(21-18-39(40)23-32)46(43-19-16-33-8-2-4-12-37(33)26-43)44-20-17-34-9-3-5-13-38(34)27-44/h2-28,47H,29-30H2,1H3. The molecular formula is C45H35NO2. The molecule has 8 aromatic rings. The third-order valence-corrected chi connectivity index (χ3v) is 9.15. The first kappa shape index (κ1) is 29.5. The molecule has 0 spiro atoms. The number of allylic oxidation sites excluding steroid dienone is 1. The van der Waals surface area contributed by atoms with Crippen molar-refractivity contribution in [3.05, 3.63) is 180 Å². The number of fused-ring (bicyclic) bond motifs is 4. The van der Waals surface area contributed by atoms with Crippen molar-refractivity contribution in [3.8, 4) is 0 Å².